The van der Waals surface area contributed by atoms with Crippen LogP contribution in [0.5, 0.6) is 0 Å². The van der Waals surface area contributed by atoms with Crippen LogP contribution in [0.1, 0.15) is 0 Å². The number of hydrogen-bond donors (Lipinski definition) is 2. The average Bonchev–Trinajstić information content (AvgIpc) is 2.60. The van der Waals surface area contributed by atoms with Crippen molar-refractivity contribution in [1.29, 1.82) is 0 Å². The minimum atomic E-state index is -2.89. The van der Waals surface area contributed by atoms with Crippen molar-refractivity contribution in [3.05, 3.63) is 0 Å². The normalized spacial score (nSPS) is 30.9. The van der Waals surface area contributed by atoms with Crippen LogP contribution in [0.3, 0.4) is 0 Å². The SMILES string of the molecule is O[P+]1(C[P+]2(O)OCCO2)OCCO1. The van der Waals surface area contributed by atoms with Crippen LogP contribution in [0, 0.1) is 0 Å². The standard InChI is InChI=1S/C5H12O6P2/c6-12(8-1-2-9-12)5-13(7)10-3-4-11-13/h6-7H,1-5H2/q+2. The van der Waals surface area contributed by atoms with E-state index < -0.39 is 15.9 Å². The van der Waals surface area contributed by atoms with Crippen molar-refractivity contribution in [2.24, 2.45) is 0 Å². The Labute approximate surface area is 76.9 Å². The Kier molecular flexibility index (Phi) is 2.85. The molecule has 0 radical (unpaired) electrons. The average molecular weight is 230 g/mol. The molecule has 2 saturated heterocycles. The van der Waals surface area contributed by atoms with Crippen molar-refractivity contribution in [3.63, 3.8) is 0 Å². The van der Waals surface area contributed by atoms with E-state index in [1.165, 1.54) is 0 Å². The van der Waals surface area contributed by atoms with Crippen LogP contribution in [0.4, 0.5) is 0 Å². The molecule has 0 aromatic heterocycles. The highest BCUT2D eigenvalue weighted by Crippen LogP contribution is 2.75. The van der Waals surface area contributed by atoms with Gasteiger partial charge in [-0.2, -0.15) is 27.9 Å². The predicted octanol–water partition coefficient (Wildman–Crippen LogP) is 0.547. The highest BCUT2D eigenvalue weighted by atomic mass is 31.3. The van der Waals surface area contributed by atoms with Crippen LogP contribution in [-0.4, -0.2) is 42.1 Å². The molecule has 2 aliphatic heterocycles. The zero-order chi connectivity index (χ0) is 9.36. The molecule has 0 aromatic rings. The molecule has 13 heavy (non-hydrogen) atoms. The maximum atomic E-state index is 9.69. The van der Waals surface area contributed by atoms with Gasteiger partial charge in [-0.3, -0.25) is 0 Å². The summed E-state index contributed by atoms with van der Waals surface area (Å²) < 4.78 is 20.1. The van der Waals surface area contributed by atoms with Crippen molar-refractivity contribution in [2.45, 2.75) is 0 Å². The lowest BCUT2D eigenvalue weighted by Crippen LogP contribution is -2.04. The third kappa shape index (κ3) is 2.35. The first kappa shape index (κ1) is 10.1. The summed E-state index contributed by atoms with van der Waals surface area (Å²) in [7, 11) is -5.77. The molecule has 0 atom stereocenters. The number of hydrogen-bond acceptors (Lipinski definition) is 6. The van der Waals surface area contributed by atoms with E-state index in [0.717, 1.165) is 0 Å². The predicted molar refractivity (Wildman–Crippen MR) is 47.0 cm³/mol. The van der Waals surface area contributed by atoms with E-state index in [2.05, 4.69) is 0 Å². The van der Waals surface area contributed by atoms with Gasteiger partial charge in [-0.05, 0) is 0 Å². The van der Waals surface area contributed by atoms with Gasteiger partial charge >= 0.3 is 21.8 Å². The first-order valence-corrected chi connectivity index (χ1v) is 7.44. The van der Waals surface area contributed by atoms with E-state index in [0.29, 0.717) is 26.4 Å². The molecule has 0 aliphatic carbocycles. The lowest BCUT2D eigenvalue weighted by molar-refractivity contribution is 0.292. The summed E-state index contributed by atoms with van der Waals surface area (Å²) in [6, 6.07) is 0. The Bertz CT molecular complexity index is 167. The Morgan fingerprint density at radius 2 is 1.08 bits per heavy atom. The summed E-state index contributed by atoms with van der Waals surface area (Å²) in [4.78, 5) is 19.4. The third-order valence-electron chi connectivity index (χ3n) is 1.70. The summed E-state index contributed by atoms with van der Waals surface area (Å²) in [5, 5.41) is 0. The van der Waals surface area contributed by atoms with Gasteiger partial charge in [0.05, 0.1) is 0 Å². The lowest BCUT2D eigenvalue weighted by atomic mass is 10.8. The summed E-state index contributed by atoms with van der Waals surface area (Å²) in [6.07, 6.45) is 0. The molecule has 0 amide bonds. The molecule has 2 N–H and O–H groups in total. The molecule has 2 heterocycles. The quantitative estimate of drug-likeness (QED) is 0.674. The van der Waals surface area contributed by atoms with Crippen molar-refractivity contribution in [2.75, 3.05) is 32.3 Å². The van der Waals surface area contributed by atoms with Gasteiger partial charge in [-0.1, -0.05) is 0 Å². The second kappa shape index (κ2) is 3.65. The van der Waals surface area contributed by atoms with Gasteiger partial charge in [0.15, 0.2) is 0 Å². The van der Waals surface area contributed by atoms with Crippen LogP contribution in [-0.2, 0) is 18.1 Å². The van der Waals surface area contributed by atoms with E-state index in [1.807, 2.05) is 0 Å². The molecule has 0 aromatic carbocycles. The Morgan fingerprint density at radius 1 is 0.769 bits per heavy atom. The largest absolute Gasteiger partial charge is 0.456 e. The van der Waals surface area contributed by atoms with E-state index in [4.69, 9.17) is 18.1 Å². The molecule has 6 nitrogen and oxygen atoms in total. The van der Waals surface area contributed by atoms with E-state index >= 15 is 0 Å². The molecule has 0 bridgehead atoms. The monoisotopic (exact) mass is 230 g/mol. The smallest absolute Gasteiger partial charge is 0.190 e. The zero-order valence-corrected chi connectivity index (χ0v) is 8.75. The van der Waals surface area contributed by atoms with Gasteiger partial charge in [-0.25, -0.2) is 0 Å². The van der Waals surface area contributed by atoms with E-state index in [-0.39, 0.29) is 5.90 Å². The fourth-order valence-corrected chi connectivity index (χ4v) is 5.88. The van der Waals surface area contributed by atoms with Gasteiger partial charge in [0.25, 0.3) is 0 Å². The summed E-state index contributed by atoms with van der Waals surface area (Å²) in [5.74, 6) is -0.0417. The van der Waals surface area contributed by atoms with Crippen molar-refractivity contribution in [1.82, 2.24) is 0 Å². The fourth-order valence-electron chi connectivity index (χ4n) is 1.18. The highest BCUT2D eigenvalue weighted by molar-refractivity contribution is 7.78. The minimum Gasteiger partial charge on any atom is -0.190 e. The van der Waals surface area contributed by atoms with Crippen molar-refractivity contribution >= 4 is 15.9 Å². The molecule has 76 valence electrons. The molecule has 2 aliphatic rings. The van der Waals surface area contributed by atoms with Crippen LogP contribution >= 0.6 is 15.9 Å². The van der Waals surface area contributed by atoms with Crippen molar-refractivity contribution in [3.8, 4) is 0 Å². The lowest BCUT2D eigenvalue weighted by Gasteiger charge is -2.11. The Hall–Kier alpha value is 0.620. The van der Waals surface area contributed by atoms with Gasteiger partial charge < -0.3 is 0 Å². The maximum Gasteiger partial charge on any atom is 0.456 e. The highest BCUT2D eigenvalue weighted by Gasteiger charge is 2.63. The second-order valence-electron chi connectivity index (χ2n) is 2.75. The second-order valence-corrected chi connectivity index (χ2v) is 7.46. The third-order valence-corrected chi connectivity index (χ3v) is 6.90. The first-order chi connectivity index (χ1) is 6.12. The summed E-state index contributed by atoms with van der Waals surface area (Å²) in [6.45, 7) is 1.46. The zero-order valence-electron chi connectivity index (χ0n) is 6.96. The van der Waals surface area contributed by atoms with E-state index in [1.54, 1.807) is 0 Å². The van der Waals surface area contributed by atoms with Crippen molar-refractivity contribution < 1.29 is 27.9 Å². The molecule has 0 unspecified atom stereocenters. The van der Waals surface area contributed by atoms with Gasteiger partial charge in [-0.15, -0.1) is 0 Å². The Balaban J connectivity index is 1.95. The minimum absolute atomic E-state index is 0.0417. The molecule has 0 spiro atoms. The van der Waals surface area contributed by atoms with E-state index in [9.17, 15) is 9.79 Å². The summed E-state index contributed by atoms with van der Waals surface area (Å²) in [5.41, 5.74) is 0. The molecule has 2 rings (SSSR count). The van der Waals surface area contributed by atoms with Gasteiger partial charge in [0.2, 0.25) is 0 Å². The van der Waals surface area contributed by atoms with Crippen LogP contribution in [0.25, 0.3) is 0 Å². The maximum absolute atomic E-state index is 9.69. The van der Waals surface area contributed by atoms with Gasteiger partial charge in [0, 0.05) is 0 Å². The topological polar surface area (TPSA) is 77.4 Å². The molecular weight excluding hydrogens is 218 g/mol. The summed E-state index contributed by atoms with van der Waals surface area (Å²) >= 11 is 0. The van der Waals surface area contributed by atoms with Crippen LogP contribution in [0.2, 0.25) is 0 Å². The fraction of sp³-hybridized carbons (Fsp3) is 1.00. The molecule has 8 heteroatoms. The van der Waals surface area contributed by atoms with Crippen LogP contribution in [0.15, 0.2) is 0 Å². The number of rotatable bonds is 2. The Morgan fingerprint density at radius 3 is 1.38 bits per heavy atom. The molecule has 0 saturated carbocycles. The first-order valence-electron chi connectivity index (χ1n) is 3.92. The molecule has 2 fully saturated rings. The van der Waals surface area contributed by atoms with Crippen LogP contribution < -0.4 is 0 Å². The molecular formula is C5H12O6P2+2. The van der Waals surface area contributed by atoms with Gasteiger partial charge in [0.1, 0.15) is 26.4 Å².